The zero-order valence-electron chi connectivity index (χ0n) is 19.1. The number of aromatic nitrogens is 1. The van der Waals surface area contributed by atoms with Crippen molar-refractivity contribution in [3.05, 3.63) is 65.4 Å². The Hall–Kier alpha value is -3.39. The van der Waals surface area contributed by atoms with Gasteiger partial charge in [-0.15, -0.1) is 6.58 Å². The standard InChI is InChI=1S/C25H34N6O2/c1-2-8-21-19-9-7-10-22(30-26)20(19)12-13-23(21)33-16-6-4-3-5-15-28-25(32)18-11-14-24(31-27)29-17-18/h2,11-14,17H,1,3-10,15-16,26-27H2,(H,28,32)(H,29,31). The molecule has 176 valence electrons. The number of rotatable bonds is 12. The topological polar surface area (TPSA) is 128 Å². The SMILES string of the molecule is C=CCc1c(OCCCCCCNC(=O)c2ccc(NN)nc2)ccc2c1CCCC2=NN. The molecule has 0 saturated heterocycles. The van der Waals surface area contributed by atoms with Gasteiger partial charge in [-0.05, 0) is 68.4 Å². The minimum absolute atomic E-state index is 0.126. The number of benzene rings is 1. The van der Waals surface area contributed by atoms with Gasteiger partial charge in [-0.1, -0.05) is 18.9 Å². The highest BCUT2D eigenvalue weighted by atomic mass is 16.5. The van der Waals surface area contributed by atoms with Crippen LogP contribution in [0.1, 0.15) is 65.6 Å². The molecule has 1 aliphatic rings. The Morgan fingerprint density at radius 3 is 2.76 bits per heavy atom. The molecule has 8 heteroatoms. The van der Waals surface area contributed by atoms with E-state index >= 15 is 0 Å². The van der Waals surface area contributed by atoms with Crippen molar-refractivity contribution in [3.63, 3.8) is 0 Å². The number of amides is 1. The Kier molecular flexibility index (Phi) is 9.26. The van der Waals surface area contributed by atoms with Gasteiger partial charge in [-0.25, -0.2) is 10.8 Å². The van der Waals surface area contributed by atoms with Crippen LogP contribution in [0.4, 0.5) is 5.82 Å². The first-order chi connectivity index (χ1) is 16.2. The number of hydrazone groups is 1. The number of hydrogen-bond acceptors (Lipinski definition) is 7. The van der Waals surface area contributed by atoms with Crippen molar-refractivity contribution in [2.75, 3.05) is 18.6 Å². The van der Waals surface area contributed by atoms with E-state index in [1.807, 2.05) is 12.1 Å². The van der Waals surface area contributed by atoms with Crippen LogP contribution in [0.5, 0.6) is 5.75 Å². The van der Waals surface area contributed by atoms with Gasteiger partial charge >= 0.3 is 0 Å². The summed E-state index contributed by atoms with van der Waals surface area (Å²) in [4.78, 5) is 16.2. The average Bonchev–Trinajstić information content (AvgIpc) is 2.86. The lowest BCUT2D eigenvalue weighted by molar-refractivity contribution is 0.0952. The molecule has 0 unspecified atom stereocenters. The monoisotopic (exact) mass is 450 g/mol. The molecule has 0 radical (unpaired) electrons. The number of nitrogens with one attached hydrogen (secondary N) is 2. The molecule has 1 aromatic heterocycles. The van der Waals surface area contributed by atoms with E-state index < -0.39 is 0 Å². The zero-order valence-corrected chi connectivity index (χ0v) is 19.1. The number of fused-ring (bicyclic) bond motifs is 1. The van der Waals surface area contributed by atoms with Crippen molar-refractivity contribution in [1.29, 1.82) is 0 Å². The van der Waals surface area contributed by atoms with E-state index in [1.54, 1.807) is 12.1 Å². The number of anilines is 1. The van der Waals surface area contributed by atoms with E-state index in [4.69, 9.17) is 16.4 Å². The Balaban J connectivity index is 1.38. The Labute approximate surface area is 195 Å². The minimum Gasteiger partial charge on any atom is -0.493 e. The summed E-state index contributed by atoms with van der Waals surface area (Å²) in [5.74, 6) is 12.2. The molecular weight excluding hydrogens is 416 g/mol. The fourth-order valence-corrected chi connectivity index (χ4v) is 4.11. The van der Waals surface area contributed by atoms with E-state index in [-0.39, 0.29) is 5.91 Å². The van der Waals surface area contributed by atoms with Crippen LogP contribution in [-0.4, -0.2) is 29.8 Å². The van der Waals surface area contributed by atoms with Gasteiger partial charge in [0.15, 0.2) is 0 Å². The number of hydrogen-bond donors (Lipinski definition) is 4. The number of allylic oxidation sites excluding steroid dienone is 1. The van der Waals surface area contributed by atoms with Crippen molar-refractivity contribution in [2.45, 2.75) is 51.4 Å². The second-order valence-electron chi connectivity index (χ2n) is 8.09. The molecule has 0 spiro atoms. The molecule has 33 heavy (non-hydrogen) atoms. The number of nitrogens with two attached hydrogens (primary N) is 2. The maximum Gasteiger partial charge on any atom is 0.252 e. The number of carbonyl (C=O) groups excluding carboxylic acids is 1. The van der Waals surface area contributed by atoms with Crippen molar-refractivity contribution in [3.8, 4) is 5.75 Å². The van der Waals surface area contributed by atoms with E-state index in [0.717, 1.165) is 68.4 Å². The number of carbonyl (C=O) groups is 1. The zero-order chi connectivity index (χ0) is 23.5. The number of ether oxygens (including phenoxy) is 1. The first-order valence-corrected chi connectivity index (χ1v) is 11.5. The van der Waals surface area contributed by atoms with Gasteiger partial charge in [0, 0.05) is 23.9 Å². The molecule has 1 aromatic carbocycles. The molecule has 0 bridgehead atoms. The Morgan fingerprint density at radius 1 is 1.18 bits per heavy atom. The van der Waals surface area contributed by atoms with Crippen molar-refractivity contribution in [1.82, 2.24) is 10.3 Å². The molecule has 0 aliphatic heterocycles. The van der Waals surface area contributed by atoms with Gasteiger partial charge in [-0.2, -0.15) is 5.10 Å². The summed E-state index contributed by atoms with van der Waals surface area (Å²) in [6.45, 7) is 5.21. The highest BCUT2D eigenvalue weighted by Gasteiger charge is 2.20. The molecule has 0 saturated carbocycles. The number of unbranched alkanes of at least 4 members (excludes halogenated alkanes) is 3. The summed E-state index contributed by atoms with van der Waals surface area (Å²) >= 11 is 0. The van der Waals surface area contributed by atoms with Crippen LogP contribution in [0.15, 0.2) is 48.2 Å². The van der Waals surface area contributed by atoms with Gasteiger partial charge in [0.2, 0.25) is 0 Å². The maximum atomic E-state index is 12.1. The van der Waals surface area contributed by atoms with Gasteiger partial charge in [0.05, 0.1) is 17.9 Å². The van der Waals surface area contributed by atoms with Crippen molar-refractivity contribution < 1.29 is 9.53 Å². The third-order valence-electron chi connectivity index (χ3n) is 5.83. The van der Waals surface area contributed by atoms with Crippen LogP contribution >= 0.6 is 0 Å². The fourth-order valence-electron chi connectivity index (χ4n) is 4.11. The summed E-state index contributed by atoms with van der Waals surface area (Å²) in [5, 5.41) is 6.90. The van der Waals surface area contributed by atoms with Crippen molar-refractivity contribution in [2.24, 2.45) is 16.8 Å². The molecule has 3 rings (SSSR count). The lowest BCUT2D eigenvalue weighted by Crippen LogP contribution is -2.24. The van der Waals surface area contributed by atoms with Crippen molar-refractivity contribution >= 4 is 17.4 Å². The Morgan fingerprint density at radius 2 is 2.03 bits per heavy atom. The molecule has 1 heterocycles. The summed E-state index contributed by atoms with van der Waals surface area (Å²) in [5.41, 5.74) is 7.58. The highest BCUT2D eigenvalue weighted by molar-refractivity contribution is 6.03. The predicted molar refractivity (Wildman–Crippen MR) is 132 cm³/mol. The van der Waals surface area contributed by atoms with E-state index in [2.05, 4.69) is 33.5 Å². The van der Waals surface area contributed by atoms with Crippen LogP contribution in [0.3, 0.4) is 0 Å². The third-order valence-corrected chi connectivity index (χ3v) is 5.83. The smallest absolute Gasteiger partial charge is 0.252 e. The minimum atomic E-state index is -0.126. The lowest BCUT2D eigenvalue weighted by atomic mass is 9.85. The molecule has 0 fully saturated rings. The normalized spacial score (nSPS) is 13.9. The lowest BCUT2D eigenvalue weighted by Gasteiger charge is -2.23. The van der Waals surface area contributed by atoms with Crippen LogP contribution in [0.25, 0.3) is 0 Å². The molecule has 6 N–H and O–H groups in total. The van der Waals surface area contributed by atoms with E-state index in [9.17, 15) is 4.79 Å². The number of nitrogens with zero attached hydrogens (tertiary/aromatic N) is 2. The second-order valence-corrected chi connectivity index (χ2v) is 8.09. The summed E-state index contributed by atoms with van der Waals surface area (Å²) < 4.78 is 6.14. The summed E-state index contributed by atoms with van der Waals surface area (Å²) in [6, 6.07) is 7.48. The number of pyridine rings is 1. The number of nitrogen functional groups attached to an aromatic ring is 1. The third kappa shape index (κ3) is 6.55. The van der Waals surface area contributed by atoms with Gasteiger partial charge in [-0.3, -0.25) is 4.79 Å². The second kappa shape index (κ2) is 12.6. The first kappa shape index (κ1) is 24.3. The fraction of sp³-hybridized carbons (Fsp3) is 0.400. The average molecular weight is 451 g/mol. The molecule has 1 aliphatic carbocycles. The predicted octanol–water partition coefficient (Wildman–Crippen LogP) is 3.46. The molecule has 1 amide bonds. The van der Waals surface area contributed by atoms with Crippen LogP contribution in [0.2, 0.25) is 0 Å². The summed E-state index contributed by atoms with van der Waals surface area (Å²) in [7, 11) is 0. The molecule has 0 atom stereocenters. The Bertz CT molecular complexity index is 972. The highest BCUT2D eigenvalue weighted by Crippen LogP contribution is 2.32. The van der Waals surface area contributed by atoms with Gasteiger partial charge in [0.25, 0.3) is 5.91 Å². The first-order valence-electron chi connectivity index (χ1n) is 11.5. The molecular formula is C25H34N6O2. The maximum absolute atomic E-state index is 12.1. The largest absolute Gasteiger partial charge is 0.493 e. The van der Waals surface area contributed by atoms with Crippen LogP contribution in [-0.2, 0) is 12.8 Å². The number of hydrazine groups is 1. The van der Waals surface area contributed by atoms with Crippen LogP contribution in [0, 0.1) is 0 Å². The molecule has 8 nitrogen and oxygen atoms in total. The van der Waals surface area contributed by atoms with Gasteiger partial charge < -0.3 is 21.3 Å². The quantitative estimate of drug-likeness (QED) is 0.170. The van der Waals surface area contributed by atoms with E-state index in [0.29, 0.717) is 24.5 Å². The molecule has 2 aromatic rings. The van der Waals surface area contributed by atoms with Gasteiger partial charge in [0.1, 0.15) is 11.6 Å². The van der Waals surface area contributed by atoms with Crippen LogP contribution < -0.4 is 27.2 Å². The van der Waals surface area contributed by atoms with E-state index in [1.165, 1.54) is 17.3 Å². The summed E-state index contributed by atoms with van der Waals surface area (Å²) in [6.07, 6.45) is 11.2.